The van der Waals surface area contributed by atoms with Gasteiger partial charge in [-0.05, 0) is 42.7 Å². The normalized spacial score (nSPS) is 16.4. The topological polar surface area (TPSA) is 66.9 Å². The van der Waals surface area contributed by atoms with Gasteiger partial charge in [-0.1, -0.05) is 30.3 Å². The number of para-hydroxylation sites is 1. The van der Waals surface area contributed by atoms with Crippen LogP contribution >= 0.6 is 0 Å². The number of ether oxygens (including phenoxy) is 1. The summed E-state index contributed by atoms with van der Waals surface area (Å²) in [5.74, 6) is 0.481. The van der Waals surface area contributed by atoms with Gasteiger partial charge >= 0.3 is 0 Å². The number of carbonyl (C=O) groups excluding carboxylic acids is 1. The van der Waals surface area contributed by atoms with E-state index >= 15 is 0 Å². The van der Waals surface area contributed by atoms with E-state index in [1.165, 1.54) is 4.31 Å². The van der Waals surface area contributed by atoms with E-state index in [1.807, 2.05) is 31.2 Å². The van der Waals surface area contributed by atoms with Crippen LogP contribution in [-0.2, 0) is 27.8 Å². The Morgan fingerprint density at radius 3 is 2.48 bits per heavy atom. The summed E-state index contributed by atoms with van der Waals surface area (Å²) in [5.41, 5.74) is 2.77. The van der Waals surface area contributed by atoms with E-state index in [9.17, 15) is 13.2 Å². The van der Waals surface area contributed by atoms with E-state index in [1.54, 1.807) is 36.3 Å². The lowest BCUT2D eigenvalue weighted by molar-refractivity contribution is -0.119. The van der Waals surface area contributed by atoms with E-state index in [0.29, 0.717) is 5.75 Å². The number of methoxy groups -OCH3 is 1. The summed E-state index contributed by atoms with van der Waals surface area (Å²) in [7, 11) is -1.97. The number of fused-ring (bicyclic) bond motifs is 1. The molecule has 2 aromatic carbocycles. The van der Waals surface area contributed by atoms with Gasteiger partial charge in [0.25, 0.3) is 0 Å². The van der Waals surface area contributed by atoms with Crippen molar-refractivity contribution in [2.45, 2.75) is 25.9 Å². The first-order chi connectivity index (χ1) is 12.8. The van der Waals surface area contributed by atoms with Crippen LogP contribution in [0.2, 0.25) is 0 Å². The molecule has 0 radical (unpaired) electrons. The number of sulfonamides is 1. The second kappa shape index (κ2) is 7.70. The Bertz CT molecular complexity index is 925. The summed E-state index contributed by atoms with van der Waals surface area (Å²) in [6, 6.07) is 14.9. The van der Waals surface area contributed by atoms with Crippen molar-refractivity contribution in [2.75, 3.05) is 24.8 Å². The van der Waals surface area contributed by atoms with Gasteiger partial charge in [-0.2, -0.15) is 4.31 Å². The second-order valence-electron chi connectivity index (χ2n) is 6.82. The molecule has 0 saturated heterocycles. The highest BCUT2D eigenvalue weighted by molar-refractivity contribution is 7.88. The molecule has 6 nitrogen and oxygen atoms in total. The number of nitrogens with zero attached hydrogens (tertiary/aromatic N) is 2. The summed E-state index contributed by atoms with van der Waals surface area (Å²) in [6.45, 7) is 1.92. The van der Waals surface area contributed by atoms with Gasteiger partial charge in [-0.3, -0.25) is 4.79 Å². The van der Waals surface area contributed by atoms with Crippen LogP contribution < -0.4 is 9.64 Å². The molecule has 7 heteroatoms. The fourth-order valence-electron chi connectivity index (χ4n) is 3.40. The Kier molecular flexibility index (Phi) is 5.53. The van der Waals surface area contributed by atoms with Crippen LogP contribution in [-0.4, -0.2) is 44.6 Å². The Balaban J connectivity index is 1.79. The predicted octanol–water partition coefficient (Wildman–Crippen LogP) is 2.43. The summed E-state index contributed by atoms with van der Waals surface area (Å²) < 4.78 is 30.9. The molecule has 1 amide bonds. The summed E-state index contributed by atoms with van der Waals surface area (Å²) in [6.07, 6.45) is 1.91. The number of anilines is 1. The van der Waals surface area contributed by atoms with Crippen molar-refractivity contribution in [3.05, 3.63) is 59.7 Å². The molecule has 1 unspecified atom stereocenters. The van der Waals surface area contributed by atoms with Gasteiger partial charge in [-0.25, -0.2) is 8.42 Å². The fourth-order valence-corrected chi connectivity index (χ4v) is 4.13. The van der Waals surface area contributed by atoms with Gasteiger partial charge < -0.3 is 9.64 Å². The van der Waals surface area contributed by atoms with Gasteiger partial charge in [0.05, 0.1) is 19.9 Å². The van der Waals surface area contributed by atoms with Crippen molar-refractivity contribution >= 4 is 21.6 Å². The standard InChI is InChI=1S/C20H24N2O4S/c1-15-12-17-6-4-5-7-19(17)22(15)20(23)14-21(27(3,24)25)13-16-8-10-18(26-2)11-9-16/h4-11,15H,12-14H2,1-3H3. The van der Waals surface area contributed by atoms with Crippen LogP contribution in [0.4, 0.5) is 5.69 Å². The van der Waals surface area contributed by atoms with Crippen molar-refractivity contribution in [1.29, 1.82) is 0 Å². The Morgan fingerprint density at radius 2 is 1.85 bits per heavy atom. The average molecular weight is 388 g/mol. The molecule has 0 N–H and O–H groups in total. The maximum atomic E-state index is 13.0. The van der Waals surface area contributed by atoms with Crippen LogP contribution in [0.3, 0.4) is 0 Å². The number of rotatable bonds is 6. The van der Waals surface area contributed by atoms with E-state index < -0.39 is 10.0 Å². The first-order valence-electron chi connectivity index (χ1n) is 8.77. The minimum Gasteiger partial charge on any atom is -0.497 e. The first kappa shape index (κ1) is 19.4. The minimum atomic E-state index is -3.54. The molecular weight excluding hydrogens is 364 g/mol. The molecule has 0 saturated carbocycles. The third-order valence-electron chi connectivity index (χ3n) is 4.77. The number of hydrogen-bond donors (Lipinski definition) is 0. The zero-order valence-corrected chi connectivity index (χ0v) is 16.6. The maximum absolute atomic E-state index is 13.0. The van der Waals surface area contributed by atoms with Gasteiger partial charge in [0.2, 0.25) is 15.9 Å². The second-order valence-corrected chi connectivity index (χ2v) is 8.81. The van der Waals surface area contributed by atoms with E-state index in [0.717, 1.165) is 29.5 Å². The molecule has 3 rings (SSSR count). The van der Waals surface area contributed by atoms with Crippen LogP contribution in [0.1, 0.15) is 18.1 Å². The molecule has 0 aromatic heterocycles. The number of hydrogen-bond acceptors (Lipinski definition) is 4. The van der Waals surface area contributed by atoms with Gasteiger partial charge in [-0.15, -0.1) is 0 Å². The maximum Gasteiger partial charge on any atom is 0.242 e. The predicted molar refractivity (Wildman–Crippen MR) is 105 cm³/mol. The van der Waals surface area contributed by atoms with Gasteiger partial charge in [0, 0.05) is 18.3 Å². The van der Waals surface area contributed by atoms with E-state index in [4.69, 9.17) is 4.74 Å². The molecule has 0 aliphatic carbocycles. The molecule has 0 spiro atoms. The molecule has 27 heavy (non-hydrogen) atoms. The van der Waals surface area contributed by atoms with Crippen LogP contribution in [0.15, 0.2) is 48.5 Å². The van der Waals surface area contributed by atoms with Crippen molar-refractivity contribution in [1.82, 2.24) is 4.31 Å². The van der Waals surface area contributed by atoms with Crippen molar-refractivity contribution < 1.29 is 17.9 Å². The quantitative estimate of drug-likeness (QED) is 0.762. The molecule has 1 aliphatic heterocycles. The largest absolute Gasteiger partial charge is 0.497 e. The molecule has 0 fully saturated rings. The first-order valence-corrected chi connectivity index (χ1v) is 10.6. The van der Waals surface area contributed by atoms with Crippen molar-refractivity contribution in [3.8, 4) is 5.75 Å². The summed E-state index contributed by atoms with van der Waals surface area (Å²) >= 11 is 0. The molecule has 1 aliphatic rings. The summed E-state index contributed by atoms with van der Waals surface area (Å²) in [4.78, 5) is 14.7. The average Bonchev–Trinajstić information content (AvgIpc) is 2.96. The third kappa shape index (κ3) is 4.31. The van der Waals surface area contributed by atoms with Crippen molar-refractivity contribution in [3.63, 3.8) is 0 Å². The zero-order valence-electron chi connectivity index (χ0n) is 15.8. The fraction of sp³-hybridized carbons (Fsp3) is 0.350. The lowest BCUT2D eigenvalue weighted by Crippen LogP contribution is -2.44. The number of benzene rings is 2. The highest BCUT2D eigenvalue weighted by Crippen LogP contribution is 2.32. The van der Waals surface area contributed by atoms with Gasteiger partial charge in [0.1, 0.15) is 5.75 Å². The van der Waals surface area contributed by atoms with Crippen LogP contribution in [0, 0.1) is 0 Å². The minimum absolute atomic E-state index is 0.0114. The summed E-state index contributed by atoms with van der Waals surface area (Å²) in [5, 5.41) is 0. The highest BCUT2D eigenvalue weighted by Gasteiger charge is 2.32. The Labute approximate surface area is 160 Å². The van der Waals surface area contributed by atoms with Crippen molar-refractivity contribution in [2.24, 2.45) is 0 Å². The lowest BCUT2D eigenvalue weighted by Gasteiger charge is -2.26. The van der Waals surface area contributed by atoms with Crippen LogP contribution in [0.25, 0.3) is 0 Å². The molecule has 1 atom stereocenters. The Hall–Kier alpha value is -2.38. The lowest BCUT2D eigenvalue weighted by atomic mass is 10.1. The number of amides is 1. The van der Waals surface area contributed by atoms with E-state index in [2.05, 4.69) is 0 Å². The highest BCUT2D eigenvalue weighted by atomic mass is 32.2. The zero-order chi connectivity index (χ0) is 19.6. The van der Waals surface area contributed by atoms with E-state index in [-0.39, 0.29) is 25.0 Å². The molecule has 144 valence electrons. The Morgan fingerprint density at radius 1 is 1.19 bits per heavy atom. The van der Waals surface area contributed by atoms with Crippen LogP contribution in [0.5, 0.6) is 5.75 Å². The monoisotopic (exact) mass is 388 g/mol. The number of carbonyl (C=O) groups is 1. The molecule has 2 aromatic rings. The SMILES string of the molecule is COc1ccc(CN(CC(=O)N2c3ccccc3CC2C)S(C)(=O)=O)cc1. The third-order valence-corrected chi connectivity index (χ3v) is 5.97. The molecule has 0 bridgehead atoms. The van der Waals surface area contributed by atoms with Gasteiger partial charge in [0.15, 0.2) is 0 Å². The molecule has 1 heterocycles. The smallest absolute Gasteiger partial charge is 0.242 e. The molecular formula is C20H24N2O4S.